The molecule has 4 aliphatic rings. The van der Waals surface area contributed by atoms with E-state index in [4.69, 9.17) is 9.26 Å². The Morgan fingerprint density at radius 1 is 0.964 bits per heavy atom. The number of hydrogen-bond donors (Lipinski definition) is 0. The zero-order valence-electron chi connectivity index (χ0n) is 16.1. The van der Waals surface area contributed by atoms with Gasteiger partial charge < -0.3 is 14.2 Å². The molecule has 2 atom stereocenters. The Kier molecular flexibility index (Phi) is 4.91. The number of piperidine rings is 1. The van der Waals surface area contributed by atoms with E-state index in [9.17, 15) is 4.79 Å². The topological polar surface area (TPSA) is 58.8 Å². The third kappa shape index (κ3) is 3.35. The van der Waals surface area contributed by atoms with Gasteiger partial charge in [-0.05, 0) is 31.6 Å². The minimum atomic E-state index is 0.0589. The Morgan fingerprint density at radius 2 is 1.79 bits per heavy atom. The fourth-order valence-corrected chi connectivity index (χ4v) is 5.06. The van der Waals surface area contributed by atoms with Gasteiger partial charge in [0, 0.05) is 50.5 Å². The number of fused-ring (bicyclic) bond motifs is 4. The highest BCUT2D eigenvalue weighted by molar-refractivity contribution is 5.99. The van der Waals surface area contributed by atoms with Crippen molar-refractivity contribution in [3.63, 3.8) is 0 Å². The third-order valence-corrected chi connectivity index (χ3v) is 6.55. The maximum atomic E-state index is 13.5. The van der Waals surface area contributed by atoms with Gasteiger partial charge in [-0.15, -0.1) is 0 Å². The second-order valence-corrected chi connectivity index (χ2v) is 8.29. The number of carbonyl (C=O) groups is 1. The molecule has 6 heteroatoms. The molecule has 4 aliphatic heterocycles. The SMILES string of the molecule is O=C(c1cnoc1-c1ccccc1)N1C[C@@H]2CC[C@H]1CN(C1CCOCC1)C2. The molecule has 1 aromatic heterocycles. The number of hydrogen-bond acceptors (Lipinski definition) is 5. The lowest BCUT2D eigenvalue weighted by molar-refractivity contribution is 0.0304. The van der Waals surface area contributed by atoms with Crippen LogP contribution in [0.2, 0.25) is 0 Å². The van der Waals surface area contributed by atoms with Crippen LogP contribution in [0, 0.1) is 5.92 Å². The van der Waals surface area contributed by atoms with Gasteiger partial charge >= 0.3 is 0 Å². The Balaban J connectivity index is 1.37. The van der Waals surface area contributed by atoms with Gasteiger partial charge in [-0.25, -0.2) is 0 Å². The summed E-state index contributed by atoms with van der Waals surface area (Å²) in [4.78, 5) is 18.2. The number of aromatic nitrogens is 1. The first-order chi connectivity index (χ1) is 13.8. The van der Waals surface area contributed by atoms with E-state index in [1.807, 2.05) is 30.3 Å². The standard InChI is InChI=1S/C22H27N3O3/c26-22(20-12-23-28-21(20)17-4-2-1-3-5-17)25-14-16-6-7-19(25)15-24(13-16)18-8-10-27-11-9-18/h1-5,12,16,18-19H,6-11,13-15H2/t16-,19+/m1/s1. The Bertz CT molecular complexity index is 815. The molecule has 0 spiro atoms. The van der Waals surface area contributed by atoms with Gasteiger partial charge in [0.15, 0.2) is 5.76 Å². The normalized spacial score (nSPS) is 26.4. The summed E-state index contributed by atoms with van der Waals surface area (Å²) < 4.78 is 11.0. The minimum absolute atomic E-state index is 0.0589. The molecule has 0 unspecified atom stereocenters. The van der Waals surface area contributed by atoms with Gasteiger partial charge in [0.25, 0.3) is 5.91 Å². The van der Waals surface area contributed by atoms with Crippen LogP contribution in [0.15, 0.2) is 41.1 Å². The Hall–Kier alpha value is -2.18. The monoisotopic (exact) mass is 381 g/mol. The summed E-state index contributed by atoms with van der Waals surface area (Å²) in [6.45, 7) is 4.63. The van der Waals surface area contributed by atoms with Crippen LogP contribution in [0.3, 0.4) is 0 Å². The Labute approximate surface area is 165 Å². The minimum Gasteiger partial charge on any atom is -0.381 e. The summed E-state index contributed by atoms with van der Waals surface area (Å²) in [5.74, 6) is 1.18. The lowest BCUT2D eigenvalue weighted by atomic mass is 9.94. The maximum Gasteiger partial charge on any atom is 0.259 e. The van der Waals surface area contributed by atoms with Crippen LogP contribution in [0.5, 0.6) is 0 Å². The van der Waals surface area contributed by atoms with Crippen molar-refractivity contribution in [3.8, 4) is 11.3 Å². The average Bonchev–Trinajstić information content (AvgIpc) is 3.06. The number of nitrogens with zero attached hydrogens (tertiary/aromatic N) is 3. The molecule has 28 heavy (non-hydrogen) atoms. The molecule has 4 fully saturated rings. The molecule has 5 heterocycles. The largest absolute Gasteiger partial charge is 0.381 e. The fourth-order valence-electron chi connectivity index (χ4n) is 5.06. The van der Waals surface area contributed by atoms with E-state index in [-0.39, 0.29) is 11.9 Å². The lowest BCUT2D eigenvalue weighted by Crippen LogP contribution is -2.48. The molecule has 0 aliphatic carbocycles. The number of amides is 1. The van der Waals surface area contributed by atoms with Gasteiger partial charge in [-0.2, -0.15) is 0 Å². The van der Waals surface area contributed by atoms with Crippen molar-refractivity contribution >= 4 is 5.91 Å². The first-order valence-electron chi connectivity index (χ1n) is 10.4. The van der Waals surface area contributed by atoms with Crippen LogP contribution in [-0.2, 0) is 4.74 Å². The molecule has 1 aromatic carbocycles. The van der Waals surface area contributed by atoms with E-state index in [1.54, 1.807) is 6.20 Å². The summed E-state index contributed by atoms with van der Waals surface area (Å²) in [6.07, 6.45) is 6.10. The molecule has 148 valence electrons. The van der Waals surface area contributed by atoms with Crippen LogP contribution in [-0.4, -0.2) is 65.8 Å². The van der Waals surface area contributed by atoms with Crippen molar-refractivity contribution < 1.29 is 14.1 Å². The zero-order valence-corrected chi connectivity index (χ0v) is 16.1. The molecule has 4 saturated heterocycles. The molecule has 2 aromatic rings. The summed E-state index contributed by atoms with van der Waals surface area (Å²) in [6, 6.07) is 10.6. The van der Waals surface area contributed by atoms with Crippen molar-refractivity contribution in [2.45, 2.75) is 37.8 Å². The molecule has 6 rings (SSSR count). The van der Waals surface area contributed by atoms with E-state index < -0.39 is 0 Å². The first kappa shape index (κ1) is 17.9. The van der Waals surface area contributed by atoms with E-state index >= 15 is 0 Å². The fraction of sp³-hybridized carbons (Fsp3) is 0.545. The van der Waals surface area contributed by atoms with Gasteiger partial charge in [0.05, 0.1) is 6.20 Å². The van der Waals surface area contributed by atoms with Crippen molar-refractivity contribution in [2.75, 3.05) is 32.8 Å². The number of rotatable bonds is 3. The van der Waals surface area contributed by atoms with Crippen LogP contribution in [0.1, 0.15) is 36.0 Å². The molecular weight excluding hydrogens is 354 g/mol. The first-order valence-corrected chi connectivity index (χ1v) is 10.4. The van der Waals surface area contributed by atoms with Crippen molar-refractivity contribution in [2.24, 2.45) is 5.92 Å². The second-order valence-electron chi connectivity index (χ2n) is 8.29. The van der Waals surface area contributed by atoms with Crippen LogP contribution >= 0.6 is 0 Å². The summed E-state index contributed by atoms with van der Waals surface area (Å²) in [5.41, 5.74) is 1.48. The molecule has 0 N–H and O–H groups in total. The maximum absolute atomic E-state index is 13.5. The summed E-state index contributed by atoms with van der Waals surface area (Å²) in [7, 11) is 0. The lowest BCUT2D eigenvalue weighted by Gasteiger charge is -2.37. The van der Waals surface area contributed by atoms with Crippen LogP contribution in [0.4, 0.5) is 0 Å². The third-order valence-electron chi connectivity index (χ3n) is 6.55. The Morgan fingerprint density at radius 3 is 2.61 bits per heavy atom. The average molecular weight is 381 g/mol. The van der Waals surface area contributed by atoms with Gasteiger partial charge in [0.2, 0.25) is 0 Å². The van der Waals surface area contributed by atoms with E-state index in [2.05, 4.69) is 15.0 Å². The highest BCUT2D eigenvalue weighted by atomic mass is 16.5. The summed E-state index contributed by atoms with van der Waals surface area (Å²) >= 11 is 0. The zero-order chi connectivity index (χ0) is 18.9. The van der Waals surface area contributed by atoms with Gasteiger partial charge in [-0.1, -0.05) is 35.5 Å². The smallest absolute Gasteiger partial charge is 0.259 e. The van der Waals surface area contributed by atoms with Crippen LogP contribution < -0.4 is 0 Å². The van der Waals surface area contributed by atoms with Gasteiger partial charge in [-0.3, -0.25) is 9.69 Å². The van der Waals surface area contributed by atoms with Crippen molar-refractivity contribution in [1.82, 2.24) is 15.0 Å². The van der Waals surface area contributed by atoms with E-state index in [0.29, 0.717) is 23.3 Å². The molecule has 2 bridgehead atoms. The predicted molar refractivity (Wildman–Crippen MR) is 105 cm³/mol. The number of ether oxygens (including phenoxy) is 1. The summed E-state index contributed by atoms with van der Waals surface area (Å²) in [5, 5.41) is 3.94. The molecule has 6 nitrogen and oxygen atoms in total. The molecule has 0 saturated carbocycles. The highest BCUT2D eigenvalue weighted by Gasteiger charge is 2.40. The molecular formula is C22H27N3O3. The predicted octanol–water partition coefficient (Wildman–Crippen LogP) is 3.06. The number of carbonyl (C=O) groups excluding carboxylic acids is 1. The second kappa shape index (κ2) is 7.68. The van der Waals surface area contributed by atoms with Crippen molar-refractivity contribution in [1.29, 1.82) is 0 Å². The van der Waals surface area contributed by atoms with Gasteiger partial charge in [0.1, 0.15) is 5.56 Å². The number of benzene rings is 1. The van der Waals surface area contributed by atoms with E-state index in [1.165, 1.54) is 6.42 Å². The highest BCUT2D eigenvalue weighted by Crippen LogP contribution is 2.33. The van der Waals surface area contributed by atoms with E-state index in [0.717, 1.165) is 57.7 Å². The molecule has 0 radical (unpaired) electrons. The van der Waals surface area contributed by atoms with Crippen molar-refractivity contribution in [3.05, 3.63) is 42.1 Å². The van der Waals surface area contributed by atoms with Crippen LogP contribution in [0.25, 0.3) is 11.3 Å². The quantitative estimate of drug-likeness (QED) is 0.818. The molecule has 1 amide bonds.